The Bertz CT molecular complexity index is 988. The van der Waals surface area contributed by atoms with Gasteiger partial charge in [-0.05, 0) is 48.5 Å². The molecule has 3 rings (SSSR count). The number of carbonyl (C=O) groups is 2. The highest BCUT2D eigenvalue weighted by Crippen LogP contribution is 2.32. The predicted octanol–water partition coefficient (Wildman–Crippen LogP) is 2.63. The Balaban J connectivity index is 2.22. The van der Waals surface area contributed by atoms with Crippen LogP contribution in [-0.2, 0) is 0 Å². The minimum Gasteiger partial charge on any atom is -0.507 e. The van der Waals surface area contributed by atoms with Crippen LogP contribution in [0.4, 0.5) is 22.7 Å². The number of carbonyl (C=O) groups excluding carboxylic acids is 2. The molecule has 0 spiro atoms. The molecule has 0 saturated heterocycles. The van der Waals surface area contributed by atoms with Gasteiger partial charge < -0.3 is 22.3 Å². The summed E-state index contributed by atoms with van der Waals surface area (Å²) in [6.07, 6.45) is 0. The largest absolute Gasteiger partial charge is 0.507 e. The SMILES string of the molecule is NC(=O)c1c(O)cccc1C(=O)N(c1cccc(N)c1)c1cccc(N)c1. The first-order chi connectivity index (χ1) is 12.9. The summed E-state index contributed by atoms with van der Waals surface area (Å²) >= 11 is 0. The number of nitrogens with zero attached hydrogens (tertiary/aromatic N) is 1. The van der Waals surface area contributed by atoms with E-state index in [2.05, 4.69) is 0 Å². The number of anilines is 4. The molecule has 0 unspecified atom stereocenters. The number of primary amides is 1. The third-order valence-corrected chi connectivity index (χ3v) is 3.98. The van der Waals surface area contributed by atoms with E-state index in [4.69, 9.17) is 17.2 Å². The van der Waals surface area contributed by atoms with Crippen LogP contribution in [-0.4, -0.2) is 16.9 Å². The lowest BCUT2D eigenvalue weighted by atomic mass is 10.0. The number of benzene rings is 3. The zero-order chi connectivity index (χ0) is 19.6. The van der Waals surface area contributed by atoms with E-state index in [1.54, 1.807) is 48.5 Å². The van der Waals surface area contributed by atoms with Crippen molar-refractivity contribution >= 4 is 34.6 Å². The highest BCUT2D eigenvalue weighted by atomic mass is 16.3. The molecule has 0 aliphatic rings. The molecule has 27 heavy (non-hydrogen) atoms. The van der Waals surface area contributed by atoms with Crippen LogP contribution < -0.4 is 22.1 Å². The molecule has 0 fully saturated rings. The molecule has 0 bridgehead atoms. The molecule has 0 heterocycles. The summed E-state index contributed by atoms with van der Waals surface area (Å²) < 4.78 is 0. The predicted molar refractivity (Wildman–Crippen MR) is 105 cm³/mol. The summed E-state index contributed by atoms with van der Waals surface area (Å²) in [6, 6.07) is 17.6. The molecule has 7 nitrogen and oxygen atoms in total. The Morgan fingerprint density at radius 1 is 0.815 bits per heavy atom. The van der Waals surface area contributed by atoms with E-state index in [-0.39, 0.29) is 16.9 Å². The molecular weight excluding hydrogens is 344 g/mol. The van der Waals surface area contributed by atoms with E-state index in [9.17, 15) is 14.7 Å². The third kappa shape index (κ3) is 3.52. The number of hydrogen-bond acceptors (Lipinski definition) is 5. The smallest absolute Gasteiger partial charge is 0.263 e. The fourth-order valence-corrected chi connectivity index (χ4v) is 2.81. The van der Waals surface area contributed by atoms with Crippen molar-refractivity contribution in [3.05, 3.63) is 77.9 Å². The first-order valence-corrected chi connectivity index (χ1v) is 8.06. The topological polar surface area (TPSA) is 136 Å². The molecule has 3 aromatic rings. The molecule has 0 atom stereocenters. The molecule has 7 heteroatoms. The lowest BCUT2D eigenvalue weighted by Crippen LogP contribution is -2.29. The van der Waals surface area contributed by atoms with Crippen LogP contribution in [0.5, 0.6) is 5.75 Å². The summed E-state index contributed by atoms with van der Waals surface area (Å²) in [7, 11) is 0. The fraction of sp³-hybridized carbons (Fsp3) is 0. The molecule has 7 N–H and O–H groups in total. The van der Waals surface area contributed by atoms with Crippen molar-refractivity contribution in [2.45, 2.75) is 0 Å². The lowest BCUT2D eigenvalue weighted by Gasteiger charge is -2.24. The average Bonchev–Trinajstić information content (AvgIpc) is 2.61. The van der Waals surface area contributed by atoms with Gasteiger partial charge in [0, 0.05) is 11.4 Å². The van der Waals surface area contributed by atoms with Gasteiger partial charge in [0.1, 0.15) is 5.75 Å². The number of hydrogen-bond donors (Lipinski definition) is 4. The number of amides is 2. The lowest BCUT2D eigenvalue weighted by molar-refractivity contribution is 0.0964. The number of phenols is 1. The third-order valence-electron chi connectivity index (χ3n) is 3.98. The highest BCUT2D eigenvalue weighted by Gasteiger charge is 2.26. The highest BCUT2D eigenvalue weighted by molar-refractivity contribution is 6.17. The van der Waals surface area contributed by atoms with Gasteiger partial charge in [0.05, 0.1) is 22.5 Å². The van der Waals surface area contributed by atoms with Gasteiger partial charge in [-0.2, -0.15) is 0 Å². The quantitative estimate of drug-likeness (QED) is 0.529. The van der Waals surface area contributed by atoms with Crippen LogP contribution in [0.1, 0.15) is 20.7 Å². The van der Waals surface area contributed by atoms with Gasteiger partial charge >= 0.3 is 0 Å². The Kier molecular flexibility index (Phi) is 4.68. The van der Waals surface area contributed by atoms with Crippen molar-refractivity contribution in [2.24, 2.45) is 5.73 Å². The van der Waals surface area contributed by atoms with Crippen LogP contribution in [0.3, 0.4) is 0 Å². The molecular formula is C20H18N4O3. The van der Waals surface area contributed by atoms with Crippen molar-refractivity contribution in [3.8, 4) is 5.75 Å². The van der Waals surface area contributed by atoms with Crippen molar-refractivity contribution in [3.63, 3.8) is 0 Å². The summed E-state index contributed by atoms with van der Waals surface area (Å²) in [5, 5.41) is 10.0. The summed E-state index contributed by atoms with van der Waals surface area (Å²) in [5.74, 6) is -1.83. The van der Waals surface area contributed by atoms with Gasteiger partial charge in [0.15, 0.2) is 0 Å². The molecule has 0 saturated carbocycles. The van der Waals surface area contributed by atoms with Crippen molar-refractivity contribution in [2.75, 3.05) is 16.4 Å². The van der Waals surface area contributed by atoms with E-state index in [0.717, 1.165) is 0 Å². The minimum absolute atomic E-state index is 0.0349. The normalized spacial score (nSPS) is 10.4. The van der Waals surface area contributed by atoms with E-state index >= 15 is 0 Å². The van der Waals surface area contributed by atoms with Crippen molar-refractivity contribution < 1.29 is 14.7 Å². The maximum atomic E-state index is 13.4. The standard InChI is InChI=1S/C20H18N4O3/c21-12-4-1-6-14(10-12)24(15-7-2-5-13(22)11-15)20(27)16-8-3-9-17(25)18(16)19(23)26/h1-11,25H,21-22H2,(H2,23,26). The van der Waals surface area contributed by atoms with E-state index in [0.29, 0.717) is 22.7 Å². The Labute approximate surface area is 155 Å². The van der Waals surface area contributed by atoms with Crippen LogP contribution in [0.15, 0.2) is 66.7 Å². The van der Waals surface area contributed by atoms with Gasteiger partial charge in [-0.15, -0.1) is 0 Å². The maximum absolute atomic E-state index is 13.4. The van der Waals surface area contributed by atoms with Gasteiger partial charge in [-0.1, -0.05) is 18.2 Å². The zero-order valence-electron chi connectivity index (χ0n) is 14.3. The molecule has 2 amide bonds. The maximum Gasteiger partial charge on any atom is 0.263 e. The molecule has 0 aliphatic carbocycles. The number of rotatable bonds is 4. The summed E-state index contributed by atoms with van der Waals surface area (Å²) in [6.45, 7) is 0. The zero-order valence-corrected chi connectivity index (χ0v) is 14.3. The molecule has 3 aromatic carbocycles. The van der Waals surface area contributed by atoms with Gasteiger partial charge in [0.25, 0.3) is 11.8 Å². The van der Waals surface area contributed by atoms with Crippen LogP contribution >= 0.6 is 0 Å². The van der Waals surface area contributed by atoms with Crippen molar-refractivity contribution in [1.29, 1.82) is 0 Å². The van der Waals surface area contributed by atoms with Crippen LogP contribution in [0.25, 0.3) is 0 Å². The van der Waals surface area contributed by atoms with Gasteiger partial charge in [0.2, 0.25) is 0 Å². The minimum atomic E-state index is -0.906. The van der Waals surface area contributed by atoms with E-state index < -0.39 is 11.8 Å². The van der Waals surface area contributed by atoms with Crippen molar-refractivity contribution in [1.82, 2.24) is 0 Å². The second-order valence-electron chi connectivity index (χ2n) is 5.89. The van der Waals surface area contributed by atoms with Gasteiger partial charge in [-0.25, -0.2) is 0 Å². The second-order valence-corrected chi connectivity index (χ2v) is 5.89. The summed E-state index contributed by atoms with van der Waals surface area (Å²) in [4.78, 5) is 26.5. The number of nitrogen functional groups attached to an aromatic ring is 2. The van der Waals surface area contributed by atoms with Crippen LogP contribution in [0.2, 0.25) is 0 Å². The number of aromatic hydroxyl groups is 1. The Morgan fingerprint density at radius 3 is 1.81 bits per heavy atom. The summed E-state index contributed by atoms with van der Waals surface area (Å²) in [5.41, 5.74) is 18.7. The first-order valence-electron chi connectivity index (χ1n) is 8.06. The molecule has 0 aromatic heterocycles. The Hall–Kier alpha value is -4.00. The fourth-order valence-electron chi connectivity index (χ4n) is 2.81. The van der Waals surface area contributed by atoms with Crippen LogP contribution in [0, 0.1) is 0 Å². The average molecular weight is 362 g/mol. The molecule has 0 radical (unpaired) electrons. The second kappa shape index (κ2) is 7.09. The molecule has 0 aliphatic heterocycles. The monoisotopic (exact) mass is 362 g/mol. The van der Waals surface area contributed by atoms with E-state index in [1.165, 1.54) is 23.1 Å². The van der Waals surface area contributed by atoms with Gasteiger partial charge in [-0.3, -0.25) is 14.5 Å². The first kappa shape index (κ1) is 17.8. The number of nitrogens with two attached hydrogens (primary N) is 3. The molecule has 136 valence electrons. The van der Waals surface area contributed by atoms with E-state index in [1.807, 2.05) is 0 Å². The Morgan fingerprint density at radius 2 is 1.33 bits per heavy atom.